The number of aliphatic hydroxyl groups excluding tert-OH is 1. The third kappa shape index (κ3) is 12.7. The second kappa shape index (κ2) is 22.5. The number of alkyl halides is 6. The summed E-state index contributed by atoms with van der Waals surface area (Å²) in [6.07, 6.45) is -2.52. The Morgan fingerprint density at radius 3 is 1.86 bits per heavy atom. The number of piperidine rings is 2. The number of anilines is 3. The van der Waals surface area contributed by atoms with E-state index in [9.17, 15) is 31.4 Å². The summed E-state index contributed by atoms with van der Waals surface area (Å²) in [7, 11) is 0. The van der Waals surface area contributed by atoms with Crippen LogP contribution in [0.15, 0.2) is 48.8 Å². The molecule has 9 rings (SSSR count). The maximum absolute atomic E-state index is 13.8. The molecular formula is C50H60Cl4F6N12O. The number of aromatic nitrogens is 6. The van der Waals surface area contributed by atoms with Gasteiger partial charge in [-0.2, -0.15) is 31.4 Å². The van der Waals surface area contributed by atoms with Crippen LogP contribution in [0.1, 0.15) is 94.9 Å². The molecule has 5 aromatic rings. The Bertz CT molecular complexity index is 2750. The topological polar surface area (TPSA) is 138 Å². The average Bonchev–Trinajstić information content (AvgIpc) is 3.68. The highest BCUT2D eigenvalue weighted by Crippen LogP contribution is 2.40. The first-order valence-electron chi connectivity index (χ1n) is 24.6. The summed E-state index contributed by atoms with van der Waals surface area (Å²) in [5.74, 6) is 3.05. The van der Waals surface area contributed by atoms with Crippen LogP contribution in [0.2, 0.25) is 20.1 Å². The summed E-state index contributed by atoms with van der Waals surface area (Å²) in [6.45, 7) is 17.7. The first-order chi connectivity index (χ1) is 34.4. The van der Waals surface area contributed by atoms with Crippen molar-refractivity contribution in [1.29, 1.82) is 5.41 Å². The highest BCUT2D eigenvalue weighted by Gasteiger charge is 2.43. The van der Waals surface area contributed by atoms with Gasteiger partial charge in [-0.3, -0.25) is 5.41 Å². The Balaban J connectivity index is 0.000000195. The fraction of sp³-hybridized carbons (Fsp3) is 0.560. The summed E-state index contributed by atoms with van der Waals surface area (Å²) in [4.78, 5) is 26.2. The van der Waals surface area contributed by atoms with Crippen molar-refractivity contribution in [1.82, 2.24) is 39.5 Å². The second-order valence-corrected chi connectivity index (χ2v) is 21.9. The number of nitrogens with zero attached hydrogens (tertiary/aromatic N) is 10. The van der Waals surface area contributed by atoms with Crippen LogP contribution in [0.3, 0.4) is 0 Å². The van der Waals surface area contributed by atoms with Gasteiger partial charge in [0.25, 0.3) is 0 Å². The van der Waals surface area contributed by atoms with Crippen LogP contribution in [-0.2, 0) is 6.18 Å². The van der Waals surface area contributed by atoms with E-state index in [1.54, 1.807) is 57.2 Å². The summed E-state index contributed by atoms with van der Waals surface area (Å²) in [5, 5.41) is 25.9. The Morgan fingerprint density at radius 1 is 0.740 bits per heavy atom. The van der Waals surface area contributed by atoms with Crippen LogP contribution in [0.5, 0.6) is 0 Å². The standard InChI is InChI=1S/C25H29Cl2F3N6O.C25H31Cl2F3N6/c1-14(37)10-34-7-3-4-16(11-34)17-12-35(13-17)21-9-31-22-23(25(28,29)30)33-36(24(22)32-21)15(2)19-6-5-18(26)8-20(19)27;1-14(2)35-8-4-5-16(11-35)17-12-36(13-17)21-10-32-22(23(31)25(28,29)30)24(34-21)33-15(3)19-7-6-18(26)9-20(19)27/h5-6,8-9,14-17,37H,3-4,7,10-13H2,1-2H3;6-7,9-10,14-17,31H,4-5,8,11-13H2,1-3H3,(H,33,34). The molecule has 5 atom stereocenters. The lowest BCUT2D eigenvalue weighted by atomic mass is 9.80. The largest absolute Gasteiger partial charge is 0.437 e. The van der Waals surface area contributed by atoms with Crippen molar-refractivity contribution in [3.63, 3.8) is 0 Å². The molecule has 0 saturated carbocycles. The van der Waals surface area contributed by atoms with E-state index in [-0.39, 0.29) is 23.1 Å². The van der Waals surface area contributed by atoms with E-state index in [0.29, 0.717) is 79.1 Å². The van der Waals surface area contributed by atoms with Crippen LogP contribution in [0, 0.1) is 29.1 Å². The van der Waals surface area contributed by atoms with E-state index in [0.717, 1.165) is 65.2 Å². The lowest BCUT2D eigenvalue weighted by Gasteiger charge is -2.47. The SMILES string of the molecule is CC(Nc1nc(N2CC(C3CCCN(C(C)C)C3)C2)cnc1C(=N)C(F)(F)F)c1ccc(Cl)cc1Cl.CC(O)CN1CCCC(C2CN(c3cnc4c(C(F)(F)F)nn(C(C)c5ccc(Cl)cc5Cl)c4n3)C2)C1. The molecule has 0 spiro atoms. The number of hydrogen-bond donors (Lipinski definition) is 3. The Hall–Kier alpha value is -4.24. The third-order valence-electron chi connectivity index (χ3n) is 14.6. The number of halogens is 10. The first-order valence-corrected chi connectivity index (χ1v) is 26.1. The molecule has 4 aliphatic rings. The maximum Gasteiger partial charge on any atom is 0.437 e. The monoisotopic (exact) mass is 1100 g/mol. The van der Waals surface area contributed by atoms with Crippen molar-refractivity contribution in [3.05, 3.63) is 91.4 Å². The molecule has 73 heavy (non-hydrogen) atoms. The van der Waals surface area contributed by atoms with Gasteiger partial charge < -0.3 is 30.0 Å². The van der Waals surface area contributed by atoms with Crippen LogP contribution >= 0.6 is 46.4 Å². The average molecular weight is 1100 g/mol. The molecule has 396 valence electrons. The van der Waals surface area contributed by atoms with Gasteiger partial charge in [-0.05, 0) is 132 Å². The van der Waals surface area contributed by atoms with E-state index < -0.39 is 41.5 Å². The number of likely N-dealkylation sites (tertiary alicyclic amines) is 2. The molecule has 2 aromatic carbocycles. The lowest BCUT2D eigenvalue weighted by molar-refractivity contribution is -0.140. The minimum atomic E-state index is -4.85. The predicted octanol–water partition coefficient (Wildman–Crippen LogP) is 11.7. The van der Waals surface area contributed by atoms with E-state index in [1.165, 1.54) is 29.9 Å². The summed E-state index contributed by atoms with van der Waals surface area (Å²) in [6, 6.07) is 9.22. The maximum atomic E-state index is 13.8. The van der Waals surface area contributed by atoms with Gasteiger partial charge in [-0.25, -0.2) is 24.6 Å². The molecule has 23 heteroatoms. The smallest absolute Gasteiger partial charge is 0.392 e. The Kier molecular flexibility index (Phi) is 17.0. The Labute approximate surface area is 441 Å². The molecule has 0 radical (unpaired) electrons. The minimum absolute atomic E-state index is 0.0626. The molecule has 3 N–H and O–H groups in total. The highest BCUT2D eigenvalue weighted by molar-refractivity contribution is 6.35. The molecule has 5 unspecified atom stereocenters. The molecule has 13 nitrogen and oxygen atoms in total. The molecule has 7 heterocycles. The molecule has 0 aliphatic carbocycles. The first kappa shape index (κ1) is 55.0. The van der Waals surface area contributed by atoms with Gasteiger partial charge in [-0.15, -0.1) is 0 Å². The zero-order valence-corrected chi connectivity index (χ0v) is 44.2. The van der Waals surface area contributed by atoms with Crippen LogP contribution < -0.4 is 15.1 Å². The molecule has 4 saturated heterocycles. The van der Waals surface area contributed by atoms with Gasteiger partial charge in [0.1, 0.15) is 22.8 Å². The minimum Gasteiger partial charge on any atom is -0.392 e. The molecule has 4 fully saturated rings. The van der Waals surface area contributed by atoms with Crippen molar-refractivity contribution in [2.45, 2.75) is 96.9 Å². The van der Waals surface area contributed by atoms with Crippen molar-refractivity contribution in [2.75, 3.05) is 74.0 Å². The zero-order valence-electron chi connectivity index (χ0n) is 41.1. The van der Waals surface area contributed by atoms with Crippen LogP contribution in [-0.4, -0.2) is 128 Å². The van der Waals surface area contributed by atoms with Crippen LogP contribution in [0.25, 0.3) is 11.2 Å². The Morgan fingerprint density at radius 2 is 1.30 bits per heavy atom. The van der Waals surface area contributed by atoms with E-state index >= 15 is 0 Å². The van der Waals surface area contributed by atoms with Crippen molar-refractivity contribution < 1.29 is 31.4 Å². The number of β-amino-alcohol motifs (C(OH)–C–C–N with tert-alkyl or cyclic N) is 1. The predicted molar refractivity (Wildman–Crippen MR) is 276 cm³/mol. The third-order valence-corrected chi connectivity index (χ3v) is 15.7. The normalized spacial score (nSPS) is 20.8. The fourth-order valence-electron chi connectivity index (χ4n) is 10.5. The fourth-order valence-corrected chi connectivity index (χ4v) is 11.6. The molecule has 0 amide bonds. The molecule has 4 aliphatic heterocycles. The van der Waals surface area contributed by atoms with E-state index in [2.05, 4.69) is 58.9 Å². The summed E-state index contributed by atoms with van der Waals surface area (Å²) < 4.78 is 82.9. The quantitative estimate of drug-likeness (QED) is 0.0767. The number of nitrogens with one attached hydrogen (secondary N) is 2. The van der Waals surface area contributed by atoms with Crippen molar-refractivity contribution in [2.24, 2.45) is 23.7 Å². The zero-order chi connectivity index (χ0) is 52.7. The molecular weight excluding hydrogens is 1040 g/mol. The van der Waals surface area contributed by atoms with Gasteiger partial charge in [0.15, 0.2) is 22.9 Å². The number of rotatable bonds is 13. The van der Waals surface area contributed by atoms with Gasteiger partial charge in [0.05, 0.1) is 30.6 Å². The summed E-state index contributed by atoms with van der Waals surface area (Å²) >= 11 is 24.6. The number of aliphatic hydroxyl groups is 1. The van der Waals surface area contributed by atoms with E-state index in [1.807, 2.05) is 4.90 Å². The van der Waals surface area contributed by atoms with Crippen LogP contribution in [0.4, 0.5) is 43.8 Å². The highest BCUT2D eigenvalue weighted by atomic mass is 35.5. The van der Waals surface area contributed by atoms with E-state index in [4.69, 9.17) is 51.8 Å². The van der Waals surface area contributed by atoms with Gasteiger partial charge in [0, 0.05) is 71.9 Å². The number of fused-ring (bicyclic) bond motifs is 1. The van der Waals surface area contributed by atoms with Crippen molar-refractivity contribution >= 4 is 80.7 Å². The number of benzene rings is 2. The van der Waals surface area contributed by atoms with Gasteiger partial charge in [0.2, 0.25) is 0 Å². The second-order valence-electron chi connectivity index (χ2n) is 20.2. The molecule has 0 bridgehead atoms. The van der Waals surface area contributed by atoms with Gasteiger partial charge >= 0.3 is 12.4 Å². The van der Waals surface area contributed by atoms with Gasteiger partial charge in [-0.1, -0.05) is 58.5 Å². The molecule has 3 aromatic heterocycles. The lowest BCUT2D eigenvalue weighted by Crippen LogP contribution is -2.54. The number of hydrogen-bond acceptors (Lipinski definition) is 12. The van der Waals surface area contributed by atoms with Crippen molar-refractivity contribution in [3.8, 4) is 0 Å². The summed E-state index contributed by atoms with van der Waals surface area (Å²) in [5.41, 5.74) is -2.15.